The number of hydrogen-bond acceptors (Lipinski definition) is 4. The van der Waals surface area contributed by atoms with Crippen LogP contribution in [0.15, 0.2) is 41.5 Å². The predicted molar refractivity (Wildman–Crippen MR) is 109 cm³/mol. The summed E-state index contributed by atoms with van der Waals surface area (Å²) in [6.45, 7) is 1.99. The van der Waals surface area contributed by atoms with Gasteiger partial charge in [-0.25, -0.2) is 4.79 Å². The summed E-state index contributed by atoms with van der Waals surface area (Å²) in [5.41, 5.74) is 3.28. The summed E-state index contributed by atoms with van der Waals surface area (Å²) < 4.78 is 33.6. The summed E-state index contributed by atoms with van der Waals surface area (Å²) in [5.74, 6) is -1.87. The van der Waals surface area contributed by atoms with Crippen molar-refractivity contribution in [3.8, 4) is 0 Å². The Labute approximate surface area is 182 Å². The van der Waals surface area contributed by atoms with Crippen molar-refractivity contribution < 1.29 is 27.9 Å². The molecule has 0 aromatic carbocycles. The molecule has 1 aliphatic heterocycles. The summed E-state index contributed by atoms with van der Waals surface area (Å²) in [6.07, 6.45) is 3.10. The molecule has 7 nitrogen and oxygen atoms in total. The van der Waals surface area contributed by atoms with Gasteiger partial charge in [-0.15, -0.1) is 0 Å². The van der Waals surface area contributed by atoms with Gasteiger partial charge in [-0.05, 0) is 42.4 Å². The summed E-state index contributed by atoms with van der Waals surface area (Å²) in [7, 11) is 0. The number of aliphatic carboxylic acids is 1. The minimum absolute atomic E-state index is 0.0142. The summed E-state index contributed by atoms with van der Waals surface area (Å²) in [5, 5.41) is 7.12. The minimum Gasteiger partial charge on any atom is -0.475 e. The molecule has 4 rings (SSSR count). The van der Waals surface area contributed by atoms with E-state index in [4.69, 9.17) is 9.90 Å². The van der Waals surface area contributed by atoms with E-state index in [2.05, 4.69) is 4.98 Å². The van der Waals surface area contributed by atoms with Gasteiger partial charge < -0.3 is 14.6 Å². The van der Waals surface area contributed by atoms with Crippen LogP contribution in [-0.2, 0) is 29.0 Å². The van der Waals surface area contributed by atoms with Crippen LogP contribution in [0.5, 0.6) is 0 Å². The Morgan fingerprint density at radius 2 is 1.81 bits per heavy atom. The molecule has 1 amide bonds. The molecule has 0 saturated heterocycles. The second-order valence-corrected chi connectivity index (χ2v) is 7.92. The average Bonchev–Trinajstić information content (AvgIpc) is 3.57. The molecular formula is C22H24F3N3O4. The van der Waals surface area contributed by atoms with Crippen molar-refractivity contribution in [2.24, 2.45) is 5.92 Å². The van der Waals surface area contributed by atoms with Crippen LogP contribution in [0.1, 0.15) is 36.1 Å². The number of nitrogens with zero attached hydrogens (tertiary/aromatic N) is 3. The van der Waals surface area contributed by atoms with Gasteiger partial charge in [-0.2, -0.15) is 13.2 Å². The largest absolute Gasteiger partial charge is 0.490 e. The van der Waals surface area contributed by atoms with Crippen molar-refractivity contribution in [3.63, 3.8) is 0 Å². The fraction of sp³-hybridized carbons (Fsp3) is 0.455. The number of alkyl halides is 3. The second kappa shape index (κ2) is 9.97. The van der Waals surface area contributed by atoms with E-state index < -0.39 is 12.1 Å². The van der Waals surface area contributed by atoms with Crippen molar-refractivity contribution in [3.05, 3.63) is 63.8 Å². The lowest BCUT2D eigenvalue weighted by atomic mass is 10.1. The average molecular weight is 451 g/mol. The predicted octanol–water partition coefficient (Wildman–Crippen LogP) is 2.65. The van der Waals surface area contributed by atoms with E-state index >= 15 is 0 Å². The molecule has 2 aromatic heterocycles. The number of hydrogen-bond donors (Lipinski definition) is 1. The molecule has 1 saturated carbocycles. The molecule has 2 aromatic rings. The van der Waals surface area contributed by atoms with Crippen molar-refractivity contribution in [1.82, 2.24) is 14.5 Å². The highest BCUT2D eigenvalue weighted by Gasteiger charge is 2.38. The monoisotopic (exact) mass is 451 g/mol. The van der Waals surface area contributed by atoms with E-state index in [9.17, 15) is 22.8 Å². The first-order chi connectivity index (χ1) is 15.1. The smallest absolute Gasteiger partial charge is 0.475 e. The first-order valence-corrected chi connectivity index (χ1v) is 10.3. The van der Waals surface area contributed by atoms with Gasteiger partial charge in [0.2, 0.25) is 5.91 Å². The highest BCUT2D eigenvalue weighted by molar-refractivity contribution is 5.77. The Morgan fingerprint density at radius 3 is 2.41 bits per heavy atom. The Hall–Kier alpha value is -3.17. The van der Waals surface area contributed by atoms with Crippen molar-refractivity contribution >= 4 is 11.9 Å². The molecule has 3 heterocycles. The van der Waals surface area contributed by atoms with Gasteiger partial charge in [0.15, 0.2) is 0 Å². The van der Waals surface area contributed by atoms with E-state index in [1.807, 2.05) is 27.7 Å². The fourth-order valence-corrected chi connectivity index (χ4v) is 3.59. The van der Waals surface area contributed by atoms with E-state index in [0.29, 0.717) is 25.4 Å². The third kappa shape index (κ3) is 6.41. The third-order valence-corrected chi connectivity index (χ3v) is 5.48. The molecule has 32 heavy (non-hydrogen) atoms. The number of amides is 1. The maximum absolute atomic E-state index is 12.4. The quantitative estimate of drug-likeness (QED) is 0.772. The van der Waals surface area contributed by atoms with Crippen LogP contribution in [0.4, 0.5) is 13.2 Å². The number of rotatable bonds is 4. The van der Waals surface area contributed by atoms with Gasteiger partial charge in [0, 0.05) is 50.1 Å². The minimum atomic E-state index is -5.08. The third-order valence-electron chi connectivity index (χ3n) is 5.48. The maximum atomic E-state index is 12.4. The zero-order valence-electron chi connectivity index (χ0n) is 17.3. The van der Waals surface area contributed by atoms with E-state index in [-0.39, 0.29) is 11.5 Å². The molecule has 1 fully saturated rings. The van der Waals surface area contributed by atoms with Crippen LogP contribution in [0.3, 0.4) is 0 Å². The number of halogens is 3. The molecule has 10 heteroatoms. The van der Waals surface area contributed by atoms with Gasteiger partial charge in [-0.1, -0.05) is 12.1 Å². The summed E-state index contributed by atoms with van der Waals surface area (Å²) in [4.78, 5) is 39.9. The molecule has 0 atom stereocenters. The molecular weight excluding hydrogens is 427 g/mol. The Kier molecular flexibility index (Phi) is 7.32. The van der Waals surface area contributed by atoms with Gasteiger partial charge in [-0.3, -0.25) is 14.6 Å². The fourth-order valence-electron chi connectivity index (χ4n) is 3.59. The van der Waals surface area contributed by atoms with Gasteiger partial charge in [0.25, 0.3) is 5.56 Å². The molecule has 172 valence electrons. The van der Waals surface area contributed by atoms with Gasteiger partial charge in [0.1, 0.15) is 0 Å². The lowest BCUT2D eigenvalue weighted by molar-refractivity contribution is -0.192. The highest BCUT2D eigenvalue weighted by Crippen LogP contribution is 2.33. The van der Waals surface area contributed by atoms with Crippen LogP contribution >= 0.6 is 0 Å². The van der Waals surface area contributed by atoms with Crippen LogP contribution in [-0.4, -0.2) is 50.7 Å². The second-order valence-electron chi connectivity index (χ2n) is 7.92. The van der Waals surface area contributed by atoms with Crippen LogP contribution in [0, 0.1) is 5.92 Å². The highest BCUT2D eigenvalue weighted by atomic mass is 19.4. The standard InChI is InChI=1S/C20H23N3O2.C2HF3O2/c24-19-6-5-17-7-10-22(20(25)12-15-3-4-15)11-8-18(17)23(19)14-16-2-1-9-21-13-16;3-2(4,5)1(6)7/h1-2,5-6,9,13,15H,3-4,7-8,10-12,14H2;(H,6,7). The van der Waals surface area contributed by atoms with Crippen molar-refractivity contribution in [1.29, 1.82) is 0 Å². The number of carbonyl (C=O) groups excluding carboxylic acids is 1. The number of aromatic nitrogens is 2. The number of pyridine rings is 2. The zero-order valence-corrected chi connectivity index (χ0v) is 17.3. The van der Waals surface area contributed by atoms with Crippen LogP contribution < -0.4 is 5.56 Å². The molecule has 0 spiro atoms. The van der Waals surface area contributed by atoms with Crippen LogP contribution in [0.25, 0.3) is 0 Å². The Morgan fingerprint density at radius 1 is 1.12 bits per heavy atom. The van der Waals surface area contributed by atoms with Crippen molar-refractivity contribution in [2.45, 2.75) is 44.8 Å². The van der Waals surface area contributed by atoms with E-state index in [1.165, 1.54) is 18.4 Å². The SMILES string of the molecule is O=C(CC1CC1)N1CCc2ccc(=O)n(Cc3cccnc3)c2CC1.O=C(O)C(F)(F)F. The lowest BCUT2D eigenvalue weighted by Gasteiger charge is -2.20. The summed E-state index contributed by atoms with van der Waals surface area (Å²) in [6, 6.07) is 7.46. The molecule has 1 N–H and O–H groups in total. The molecule has 0 unspecified atom stereocenters. The molecule has 2 aliphatic rings. The summed E-state index contributed by atoms with van der Waals surface area (Å²) >= 11 is 0. The first kappa shape index (κ1) is 23.5. The topological polar surface area (TPSA) is 92.5 Å². The lowest BCUT2D eigenvalue weighted by Crippen LogP contribution is -2.33. The molecule has 0 radical (unpaired) electrons. The van der Waals surface area contributed by atoms with Gasteiger partial charge >= 0.3 is 12.1 Å². The number of carboxylic acid groups (broad SMARTS) is 1. The first-order valence-electron chi connectivity index (χ1n) is 10.3. The van der Waals surface area contributed by atoms with Crippen LogP contribution in [0.2, 0.25) is 0 Å². The van der Waals surface area contributed by atoms with Crippen molar-refractivity contribution in [2.75, 3.05) is 13.1 Å². The zero-order chi connectivity index (χ0) is 23.3. The van der Waals surface area contributed by atoms with E-state index in [1.54, 1.807) is 18.5 Å². The Bertz CT molecular complexity index is 1020. The molecule has 1 aliphatic carbocycles. The maximum Gasteiger partial charge on any atom is 0.490 e. The number of carboxylic acids is 1. The van der Waals surface area contributed by atoms with E-state index in [0.717, 1.165) is 30.6 Å². The number of fused-ring (bicyclic) bond motifs is 1. The Balaban J connectivity index is 0.000000360. The number of carbonyl (C=O) groups is 2. The normalized spacial score (nSPS) is 15.8. The van der Waals surface area contributed by atoms with Gasteiger partial charge in [0.05, 0.1) is 6.54 Å². The molecule has 0 bridgehead atoms.